The van der Waals surface area contributed by atoms with Crippen molar-refractivity contribution in [2.75, 3.05) is 0 Å². The van der Waals surface area contributed by atoms with E-state index in [2.05, 4.69) is 4.98 Å². The summed E-state index contributed by atoms with van der Waals surface area (Å²) < 4.78 is 0. The van der Waals surface area contributed by atoms with Crippen molar-refractivity contribution in [2.24, 2.45) is 0 Å². The van der Waals surface area contributed by atoms with Crippen LogP contribution in [0.5, 0.6) is 0 Å². The van der Waals surface area contributed by atoms with Crippen molar-refractivity contribution >= 4 is 11.4 Å². The highest BCUT2D eigenvalue weighted by Crippen LogP contribution is 2.18. The molecule has 0 N–H and O–H groups in total. The zero-order chi connectivity index (χ0) is 8.27. The van der Waals surface area contributed by atoms with Crippen LogP contribution in [0.4, 0.5) is 11.4 Å². The van der Waals surface area contributed by atoms with E-state index in [0.717, 1.165) is 0 Å². The van der Waals surface area contributed by atoms with E-state index in [0.29, 0.717) is 0 Å². The monoisotopic (exact) mass is 185 g/mol. The molecule has 0 heterocycles. The van der Waals surface area contributed by atoms with Crippen molar-refractivity contribution in [1.82, 2.24) is 0 Å². The molecule has 0 aliphatic carbocycles. The number of rotatable bonds is 1. The molecule has 0 atom stereocenters. The summed E-state index contributed by atoms with van der Waals surface area (Å²) in [5.41, 5.74) is 0.0968. The van der Waals surface area contributed by atoms with Gasteiger partial charge < -0.3 is 12.4 Å². The van der Waals surface area contributed by atoms with E-state index in [1.165, 1.54) is 24.3 Å². The maximum atomic E-state index is 10.2. The van der Waals surface area contributed by atoms with E-state index in [9.17, 15) is 10.1 Å². The van der Waals surface area contributed by atoms with Crippen LogP contribution in [0.25, 0.3) is 4.98 Å². The Hall–Kier alpha value is -1.67. The van der Waals surface area contributed by atoms with Crippen LogP contribution in [0.3, 0.4) is 0 Å². The van der Waals surface area contributed by atoms with Gasteiger partial charge in [-0.15, -0.1) is 0 Å². The molecule has 6 heteroatoms. The van der Waals surface area contributed by atoms with Crippen LogP contribution in [0.15, 0.2) is 24.3 Å². The Balaban J connectivity index is 0.00000121. The fourth-order valence-electron chi connectivity index (χ4n) is 0.669. The molecule has 0 bridgehead atoms. The number of hydrogen-bond donors (Lipinski definition) is 0. The Morgan fingerprint density at radius 3 is 2.67 bits per heavy atom. The minimum absolute atomic E-state index is 0. The van der Waals surface area contributed by atoms with Crippen LogP contribution < -0.4 is 12.4 Å². The van der Waals surface area contributed by atoms with E-state index >= 15 is 0 Å². The summed E-state index contributed by atoms with van der Waals surface area (Å²) in [6.07, 6.45) is 0. The molecule has 0 aliphatic heterocycles. The van der Waals surface area contributed by atoms with Gasteiger partial charge in [-0.25, -0.2) is 0 Å². The van der Waals surface area contributed by atoms with E-state index in [1.807, 2.05) is 0 Å². The van der Waals surface area contributed by atoms with Crippen molar-refractivity contribution in [3.8, 4) is 0 Å². The molecule has 1 rings (SSSR count). The number of diazo groups is 1. The topological polar surface area (TPSA) is 71.3 Å². The number of nitro benzene ring substituents is 1. The van der Waals surface area contributed by atoms with E-state index in [1.54, 1.807) is 0 Å². The summed E-state index contributed by atoms with van der Waals surface area (Å²) in [5.74, 6) is 0. The van der Waals surface area contributed by atoms with Crippen LogP contribution in [-0.4, -0.2) is 4.92 Å². The lowest BCUT2D eigenvalue weighted by atomic mass is 10.3. The predicted octanol–water partition coefficient (Wildman–Crippen LogP) is -0.917. The molecule has 0 saturated heterocycles. The number of non-ortho nitro benzene ring substituents is 1. The summed E-state index contributed by atoms with van der Waals surface area (Å²) in [4.78, 5) is 12.4. The van der Waals surface area contributed by atoms with Crippen LogP contribution in [0, 0.1) is 15.5 Å². The molecular weight excluding hydrogens is 182 g/mol. The molecule has 0 saturated carbocycles. The summed E-state index contributed by atoms with van der Waals surface area (Å²) in [7, 11) is 0. The first-order valence-corrected chi connectivity index (χ1v) is 2.83. The average molecular weight is 186 g/mol. The van der Waals surface area contributed by atoms with Crippen molar-refractivity contribution in [2.45, 2.75) is 0 Å². The van der Waals surface area contributed by atoms with Gasteiger partial charge in [-0.3, -0.25) is 10.1 Å². The largest absolute Gasteiger partial charge is 1.00 e. The lowest BCUT2D eigenvalue weighted by Crippen LogP contribution is -3.00. The molecule has 0 unspecified atom stereocenters. The van der Waals surface area contributed by atoms with Crippen molar-refractivity contribution in [1.29, 1.82) is 5.39 Å². The highest BCUT2D eigenvalue weighted by molar-refractivity contribution is 5.50. The Morgan fingerprint density at radius 2 is 2.17 bits per heavy atom. The molecular formula is C6H4ClN3O2. The lowest BCUT2D eigenvalue weighted by Gasteiger charge is -1.84. The minimum atomic E-state index is -0.547. The third-order valence-electron chi connectivity index (χ3n) is 1.16. The summed E-state index contributed by atoms with van der Waals surface area (Å²) >= 11 is 0. The third-order valence-corrected chi connectivity index (χ3v) is 1.16. The zero-order valence-electron chi connectivity index (χ0n) is 5.85. The van der Waals surface area contributed by atoms with Gasteiger partial charge in [0.15, 0.2) is 4.98 Å². The molecule has 5 nitrogen and oxygen atoms in total. The molecule has 0 aromatic heterocycles. The second-order valence-electron chi connectivity index (χ2n) is 1.88. The first kappa shape index (κ1) is 10.3. The molecule has 1 aromatic rings. The first-order chi connectivity index (χ1) is 5.24. The van der Waals surface area contributed by atoms with Gasteiger partial charge in [0, 0.05) is 12.1 Å². The minimum Gasteiger partial charge on any atom is -1.00 e. The molecule has 0 aliphatic rings. The maximum absolute atomic E-state index is 10.2. The van der Waals surface area contributed by atoms with Gasteiger partial charge in [-0.05, 0) is 6.07 Å². The van der Waals surface area contributed by atoms with Gasteiger partial charge in [0.25, 0.3) is 5.69 Å². The van der Waals surface area contributed by atoms with Gasteiger partial charge in [0.05, 0.1) is 4.92 Å². The Kier molecular flexibility index (Phi) is 3.67. The first-order valence-electron chi connectivity index (χ1n) is 2.83. The van der Waals surface area contributed by atoms with Crippen LogP contribution in [0.2, 0.25) is 0 Å². The van der Waals surface area contributed by atoms with Gasteiger partial charge in [0.1, 0.15) is 6.07 Å². The highest BCUT2D eigenvalue weighted by Gasteiger charge is 2.11. The number of nitrogens with zero attached hydrogens (tertiary/aromatic N) is 3. The number of halogens is 1. The van der Waals surface area contributed by atoms with Crippen LogP contribution in [-0.2, 0) is 0 Å². The second-order valence-corrected chi connectivity index (χ2v) is 1.88. The standard InChI is InChI=1S/C6H4N3O2.ClH/c7-8-5-2-1-3-6(4-5)9(10)11;/h1-4H;1H/q+1;/p-1. The van der Waals surface area contributed by atoms with Gasteiger partial charge in [-0.1, -0.05) is 0 Å². The van der Waals surface area contributed by atoms with Gasteiger partial charge in [0.2, 0.25) is 5.39 Å². The van der Waals surface area contributed by atoms with Gasteiger partial charge >= 0.3 is 5.69 Å². The van der Waals surface area contributed by atoms with Crippen molar-refractivity contribution in [3.05, 3.63) is 39.4 Å². The Morgan fingerprint density at radius 1 is 1.50 bits per heavy atom. The Labute approximate surface area is 74.2 Å². The smallest absolute Gasteiger partial charge is 0.391 e. The molecule has 12 heavy (non-hydrogen) atoms. The van der Waals surface area contributed by atoms with E-state index in [4.69, 9.17) is 5.39 Å². The molecule has 0 spiro atoms. The quantitative estimate of drug-likeness (QED) is 0.323. The van der Waals surface area contributed by atoms with Crippen LogP contribution >= 0.6 is 0 Å². The second kappa shape index (κ2) is 4.26. The number of benzene rings is 1. The molecule has 0 radical (unpaired) electrons. The fraction of sp³-hybridized carbons (Fsp3) is 0. The highest BCUT2D eigenvalue weighted by atomic mass is 35.5. The van der Waals surface area contributed by atoms with Gasteiger partial charge in [-0.2, -0.15) is 0 Å². The number of nitro groups is 1. The molecule has 0 fully saturated rings. The molecule has 0 amide bonds. The molecule has 62 valence electrons. The lowest BCUT2D eigenvalue weighted by molar-refractivity contribution is -0.384. The summed E-state index contributed by atoms with van der Waals surface area (Å²) in [5, 5.41) is 18.4. The Bertz CT molecular complexity index is 334. The normalized spacial score (nSPS) is 7.92. The summed E-state index contributed by atoms with van der Waals surface area (Å²) in [6, 6.07) is 5.43. The zero-order valence-corrected chi connectivity index (χ0v) is 6.60. The maximum Gasteiger partial charge on any atom is 0.391 e. The predicted molar refractivity (Wildman–Crippen MR) is 37.8 cm³/mol. The van der Waals surface area contributed by atoms with E-state index < -0.39 is 4.92 Å². The average Bonchev–Trinajstić information content (AvgIpc) is 2.05. The van der Waals surface area contributed by atoms with Crippen molar-refractivity contribution in [3.63, 3.8) is 0 Å². The number of hydrogen-bond acceptors (Lipinski definition) is 3. The SMILES string of the molecule is N#[N+]c1cccc([N+](=O)[O-])c1.[Cl-]. The third kappa shape index (κ3) is 2.18. The van der Waals surface area contributed by atoms with Crippen molar-refractivity contribution < 1.29 is 17.3 Å². The summed E-state index contributed by atoms with van der Waals surface area (Å²) in [6.45, 7) is 0. The fourth-order valence-corrected chi connectivity index (χ4v) is 0.669. The van der Waals surface area contributed by atoms with Crippen LogP contribution in [0.1, 0.15) is 0 Å². The molecule has 1 aromatic carbocycles. The van der Waals surface area contributed by atoms with E-state index in [-0.39, 0.29) is 23.8 Å².